The second-order valence-electron chi connectivity index (χ2n) is 8.48. The van der Waals surface area contributed by atoms with Crippen molar-refractivity contribution in [2.75, 3.05) is 45.2 Å². The number of rotatable bonds is 7. The van der Waals surface area contributed by atoms with E-state index in [2.05, 4.69) is 9.80 Å². The molecular weight excluding hydrogens is 367 g/mol. The van der Waals surface area contributed by atoms with Gasteiger partial charge in [0.25, 0.3) is 0 Å². The molecule has 1 aliphatic carbocycles. The molecule has 0 spiro atoms. The van der Waals surface area contributed by atoms with E-state index < -0.39 is 15.9 Å². The highest BCUT2D eigenvalue weighted by molar-refractivity contribution is 7.91. The number of halogens is 1. The Labute approximate surface area is 162 Å². The summed E-state index contributed by atoms with van der Waals surface area (Å²) in [5, 5.41) is 10.4. The number of hydrogen-bond acceptors (Lipinski definition) is 5. The van der Waals surface area contributed by atoms with Crippen molar-refractivity contribution in [1.29, 1.82) is 0 Å². The Balaban J connectivity index is 1.87. The summed E-state index contributed by atoms with van der Waals surface area (Å²) >= 11 is 0. The van der Waals surface area contributed by atoms with E-state index in [1.807, 2.05) is 26.2 Å². The smallest absolute Gasteiger partial charge is 0.154 e. The Kier molecular flexibility index (Phi) is 6.25. The zero-order chi connectivity index (χ0) is 19.7. The number of sulfone groups is 1. The van der Waals surface area contributed by atoms with Crippen LogP contribution in [0.15, 0.2) is 24.3 Å². The van der Waals surface area contributed by atoms with Crippen molar-refractivity contribution in [1.82, 2.24) is 9.80 Å². The van der Waals surface area contributed by atoms with Gasteiger partial charge in [-0.1, -0.05) is 25.0 Å². The predicted molar refractivity (Wildman–Crippen MR) is 105 cm³/mol. The minimum absolute atomic E-state index is 0.0150. The zero-order valence-corrected chi connectivity index (χ0v) is 17.1. The van der Waals surface area contributed by atoms with Crippen molar-refractivity contribution >= 4 is 9.84 Å². The van der Waals surface area contributed by atoms with Crippen molar-refractivity contribution in [2.45, 2.75) is 43.2 Å². The Morgan fingerprint density at radius 2 is 1.74 bits per heavy atom. The molecule has 1 aromatic rings. The third-order valence-corrected chi connectivity index (χ3v) is 7.82. The SMILES string of the molecule is CN(C)CCN(CC1(c2ccc(F)cc2)CCCC1)[C@@H]1CS(=O)(=O)C[C@H]1O. The molecule has 2 atom stereocenters. The Morgan fingerprint density at radius 1 is 1.11 bits per heavy atom. The van der Waals surface area contributed by atoms with Gasteiger partial charge in [0.2, 0.25) is 0 Å². The molecule has 5 nitrogen and oxygen atoms in total. The van der Waals surface area contributed by atoms with E-state index in [9.17, 15) is 17.9 Å². The molecule has 1 heterocycles. The van der Waals surface area contributed by atoms with Crippen molar-refractivity contribution in [2.24, 2.45) is 0 Å². The lowest BCUT2D eigenvalue weighted by molar-refractivity contribution is 0.0619. The summed E-state index contributed by atoms with van der Waals surface area (Å²) < 4.78 is 37.6. The van der Waals surface area contributed by atoms with Gasteiger partial charge in [-0.05, 0) is 44.6 Å². The number of nitrogens with zero attached hydrogens (tertiary/aromatic N) is 2. The van der Waals surface area contributed by atoms with Crippen LogP contribution in [0.25, 0.3) is 0 Å². The van der Waals surface area contributed by atoms with E-state index in [1.54, 1.807) is 0 Å². The second kappa shape index (κ2) is 8.15. The number of aliphatic hydroxyl groups is 1. The first kappa shape index (κ1) is 20.7. The maximum absolute atomic E-state index is 13.4. The fraction of sp³-hybridized carbons (Fsp3) is 0.700. The molecule has 3 rings (SSSR count). The first-order chi connectivity index (χ1) is 12.7. The average Bonchev–Trinajstić information content (AvgIpc) is 3.16. The normalized spacial score (nSPS) is 26.9. The quantitative estimate of drug-likeness (QED) is 0.757. The third-order valence-electron chi connectivity index (χ3n) is 6.12. The molecule has 1 N–H and O–H groups in total. The van der Waals surface area contributed by atoms with Gasteiger partial charge < -0.3 is 10.0 Å². The molecule has 0 unspecified atom stereocenters. The highest BCUT2D eigenvalue weighted by atomic mass is 32.2. The molecule has 7 heteroatoms. The highest BCUT2D eigenvalue weighted by Gasteiger charge is 2.44. The first-order valence-corrected chi connectivity index (χ1v) is 11.6. The Morgan fingerprint density at radius 3 is 2.26 bits per heavy atom. The lowest BCUT2D eigenvalue weighted by Crippen LogP contribution is -2.51. The third kappa shape index (κ3) is 4.88. The molecular formula is C20H31FN2O3S. The lowest BCUT2D eigenvalue weighted by atomic mass is 9.78. The van der Waals surface area contributed by atoms with Crippen molar-refractivity contribution in [3.63, 3.8) is 0 Å². The second-order valence-corrected chi connectivity index (χ2v) is 10.6. The van der Waals surface area contributed by atoms with Crippen molar-refractivity contribution in [3.05, 3.63) is 35.6 Å². The van der Waals surface area contributed by atoms with Gasteiger partial charge in [0.05, 0.1) is 23.7 Å². The van der Waals surface area contributed by atoms with Crippen LogP contribution in [0.5, 0.6) is 0 Å². The van der Waals surface area contributed by atoms with E-state index in [0.29, 0.717) is 13.1 Å². The molecule has 0 bridgehead atoms. The van der Waals surface area contributed by atoms with E-state index in [0.717, 1.165) is 37.8 Å². The fourth-order valence-corrected chi connectivity index (χ4v) is 6.46. The monoisotopic (exact) mass is 398 g/mol. The van der Waals surface area contributed by atoms with Gasteiger partial charge in [0.1, 0.15) is 5.82 Å². The maximum Gasteiger partial charge on any atom is 0.154 e. The lowest BCUT2D eigenvalue weighted by Gasteiger charge is -2.40. The highest BCUT2D eigenvalue weighted by Crippen LogP contribution is 2.42. The van der Waals surface area contributed by atoms with E-state index >= 15 is 0 Å². The molecule has 1 aromatic carbocycles. The molecule has 2 aliphatic rings. The topological polar surface area (TPSA) is 60.9 Å². The van der Waals surface area contributed by atoms with Crippen LogP contribution in [-0.4, -0.2) is 80.7 Å². The van der Waals surface area contributed by atoms with Gasteiger partial charge in [0, 0.05) is 25.0 Å². The molecule has 2 fully saturated rings. The van der Waals surface area contributed by atoms with Crippen LogP contribution in [0, 0.1) is 5.82 Å². The van der Waals surface area contributed by atoms with Gasteiger partial charge in [-0.3, -0.25) is 4.90 Å². The van der Waals surface area contributed by atoms with Crippen LogP contribution in [0.2, 0.25) is 0 Å². The van der Waals surface area contributed by atoms with Crippen LogP contribution < -0.4 is 0 Å². The van der Waals surface area contributed by atoms with Crippen LogP contribution in [0.1, 0.15) is 31.2 Å². The van der Waals surface area contributed by atoms with Crippen LogP contribution in [-0.2, 0) is 15.3 Å². The van der Waals surface area contributed by atoms with E-state index in [1.165, 1.54) is 12.1 Å². The van der Waals surface area contributed by atoms with Crippen molar-refractivity contribution in [3.8, 4) is 0 Å². The number of hydrogen-bond donors (Lipinski definition) is 1. The van der Waals surface area contributed by atoms with Crippen molar-refractivity contribution < 1.29 is 17.9 Å². The van der Waals surface area contributed by atoms with Gasteiger partial charge in [-0.15, -0.1) is 0 Å². The predicted octanol–water partition coefficient (Wildman–Crippen LogP) is 1.66. The van der Waals surface area contributed by atoms with Gasteiger partial charge in [-0.2, -0.15) is 0 Å². The minimum atomic E-state index is -3.21. The number of benzene rings is 1. The summed E-state index contributed by atoms with van der Waals surface area (Å²) in [5.74, 6) is -0.380. The van der Waals surface area contributed by atoms with E-state index in [4.69, 9.17) is 0 Å². The Hall–Kier alpha value is -1.02. The summed E-state index contributed by atoms with van der Waals surface area (Å²) in [6.45, 7) is 2.19. The Bertz CT molecular complexity index is 730. The molecule has 1 saturated carbocycles. The van der Waals surface area contributed by atoms with Gasteiger partial charge >= 0.3 is 0 Å². The molecule has 0 amide bonds. The van der Waals surface area contributed by atoms with Gasteiger partial charge in [-0.25, -0.2) is 12.8 Å². The molecule has 0 aromatic heterocycles. The summed E-state index contributed by atoms with van der Waals surface area (Å²) in [5.41, 5.74) is 1.01. The fourth-order valence-electron chi connectivity index (χ4n) is 4.63. The van der Waals surface area contributed by atoms with Crippen LogP contribution in [0.3, 0.4) is 0 Å². The number of aliphatic hydroxyl groups excluding tert-OH is 1. The largest absolute Gasteiger partial charge is 0.390 e. The van der Waals surface area contributed by atoms with Gasteiger partial charge in [0.15, 0.2) is 9.84 Å². The zero-order valence-electron chi connectivity index (χ0n) is 16.3. The summed E-state index contributed by atoms with van der Waals surface area (Å²) in [6, 6.07) is 6.38. The molecule has 152 valence electrons. The van der Waals surface area contributed by atoms with E-state index in [-0.39, 0.29) is 28.8 Å². The first-order valence-electron chi connectivity index (χ1n) is 9.74. The molecule has 1 saturated heterocycles. The minimum Gasteiger partial charge on any atom is -0.390 e. The standard InChI is InChI=1S/C20H31FN2O3S/c1-22(2)11-12-23(18-13-27(25,26)14-19(18)24)15-20(9-3-4-10-20)16-5-7-17(21)8-6-16/h5-8,18-19,24H,3-4,9-15H2,1-2H3/t18-,19-/m1/s1. The number of likely N-dealkylation sites (N-methyl/N-ethyl adjacent to an activating group) is 1. The summed E-state index contributed by atoms with van der Waals surface area (Å²) in [7, 11) is 0.776. The molecule has 0 radical (unpaired) electrons. The summed E-state index contributed by atoms with van der Waals surface area (Å²) in [4.78, 5) is 4.24. The molecule has 1 aliphatic heterocycles. The maximum atomic E-state index is 13.4. The average molecular weight is 399 g/mol. The molecule has 27 heavy (non-hydrogen) atoms. The van der Waals surface area contributed by atoms with Crippen LogP contribution in [0.4, 0.5) is 4.39 Å². The van der Waals surface area contributed by atoms with Crippen LogP contribution >= 0.6 is 0 Å². The summed E-state index contributed by atoms with van der Waals surface area (Å²) in [6.07, 6.45) is 3.40.